The van der Waals surface area contributed by atoms with Crippen LogP contribution >= 0.6 is 24.0 Å². The molecule has 0 radical (unpaired) electrons. The fraction of sp³-hybridized carbons (Fsp3) is 0.600. The lowest BCUT2D eigenvalue weighted by atomic mass is 10.2. The van der Waals surface area contributed by atoms with E-state index in [2.05, 4.69) is 15.6 Å². The zero-order valence-electron chi connectivity index (χ0n) is 17.5. The normalized spacial score (nSPS) is 16.1. The summed E-state index contributed by atoms with van der Waals surface area (Å²) in [5, 5.41) is 6.55. The maximum Gasteiger partial charge on any atom is 0.259 e. The number of rotatable bonds is 10. The molecule has 1 saturated heterocycles. The summed E-state index contributed by atoms with van der Waals surface area (Å²) in [6.45, 7) is 3.64. The highest BCUT2D eigenvalue weighted by Gasteiger charge is 2.15. The van der Waals surface area contributed by atoms with Gasteiger partial charge in [-0.3, -0.25) is 9.79 Å². The summed E-state index contributed by atoms with van der Waals surface area (Å²) < 4.78 is 16.6. The molecule has 1 aromatic rings. The molecule has 9 heteroatoms. The van der Waals surface area contributed by atoms with Crippen LogP contribution in [0.4, 0.5) is 0 Å². The molecule has 164 valence electrons. The van der Waals surface area contributed by atoms with Gasteiger partial charge in [0.25, 0.3) is 5.91 Å². The predicted octanol–water partition coefficient (Wildman–Crippen LogP) is 1.63. The first kappa shape index (κ1) is 25.4. The highest BCUT2D eigenvalue weighted by Crippen LogP contribution is 2.13. The molecule has 1 amide bonds. The third-order valence-corrected chi connectivity index (χ3v) is 4.30. The van der Waals surface area contributed by atoms with Gasteiger partial charge in [0, 0.05) is 47.4 Å². The first-order valence-corrected chi connectivity index (χ1v) is 9.64. The number of carbonyl (C=O) groups excluding carboxylic acids is 1. The van der Waals surface area contributed by atoms with Crippen molar-refractivity contribution in [2.24, 2.45) is 4.99 Å². The second kappa shape index (κ2) is 14.4. The number of benzene rings is 1. The van der Waals surface area contributed by atoms with E-state index in [1.807, 2.05) is 24.3 Å². The zero-order valence-corrected chi connectivity index (χ0v) is 19.8. The van der Waals surface area contributed by atoms with Crippen molar-refractivity contribution >= 4 is 35.8 Å². The van der Waals surface area contributed by atoms with Crippen LogP contribution in [0.25, 0.3) is 0 Å². The van der Waals surface area contributed by atoms with Crippen molar-refractivity contribution in [3.05, 3.63) is 29.8 Å². The van der Waals surface area contributed by atoms with Crippen LogP contribution in [-0.4, -0.2) is 77.0 Å². The molecule has 1 heterocycles. The van der Waals surface area contributed by atoms with Crippen LogP contribution in [0.3, 0.4) is 0 Å². The van der Waals surface area contributed by atoms with Crippen LogP contribution in [0.1, 0.15) is 18.4 Å². The molecule has 1 aromatic carbocycles. The zero-order chi connectivity index (χ0) is 20.2. The number of guanidine groups is 1. The lowest BCUT2D eigenvalue weighted by molar-refractivity contribution is -0.130. The van der Waals surface area contributed by atoms with Gasteiger partial charge in [-0.2, -0.15) is 0 Å². The Kier molecular flexibility index (Phi) is 12.6. The minimum atomic E-state index is -0.0717. The van der Waals surface area contributed by atoms with Crippen molar-refractivity contribution < 1.29 is 19.0 Å². The minimum absolute atomic E-state index is 0. The van der Waals surface area contributed by atoms with Gasteiger partial charge in [-0.15, -0.1) is 24.0 Å². The molecule has 29 heavy (non-hydrogen) atoms. The Morgan fingerprint density at radius 3 is 2.86 bits per heavy atom. The van der Waals surface area contributed by atoms with Crippen LogP contribution in [0.15, 0.2) is 29.3 Å². The van der Waals surface area contributed by atoms with E-state index in [1.54, 1.807) is 21.1 Å². The van der Waals surface area contributed by atoms with Crippen LogP contribution in [0, 0.1) is 0 Å². The summed E-state index contributed by atoms with van der Waals surface area (Å²) in [6.07, 6.45) is 2.14. The van der Waals surface area contributed by atoms with Crippen molar-refractivity contribution in [1.29, 1.82) is 0 Å². The lowest BCUT2D eigenvalue weighted by Gasteiger charge is -2.14. The van der Waals surface area contributed by atoms with Gasteiger partial charge in [0.05, 0.1) is 12.7 Å². The van der Waals surface area contributed by atoms with E-state index in [1.165, 1.54) is 4.90 Å². The fourth-order valence-electron chi connectivity index (χ4n) is 2.60. The standard InChI is InChI=1S/C20H32N4O4.HI/c1-21-20(22-9-5-10-27-18-8-11-26-14-18)23-13-16-6-4-7-17(12-16)28-15-19(25)24(2)3;/h4,6-7,12,18H,5,8-11,13-15H2,1-3H3,(H2,21,22,23);1H. The summed E-state index contributed by atoms with van der Waals surface area (Å²) in [6, 6.07) is 7.67. The number of hydrogen-bond acceptors (Lipinski definition) is 5. The maximum absolute atomic E-state index is 11.6. The molecule has 2 rings (SSSR count). The molecule has 8 nitrogen and oxygen atoms in total. The quantitative estimate of drug-likeness (QED) is 0.211. The number of likely N-dealkylation sites (N-methyl/N-ethyl adjacent to an activating group) is 1. The van der Waals surface area contributed by atoms with E-state index in [-0.39, 0.29) is 42.6 Å². The number of hydrogen-bond donors (Lipinski definition) is 2. The van der Waals surface area contributed by atoms with Gasteiger partial charge < -0.3 is 29.7 Å². The Labute approximate surface area is 190 Å². The average molecular weight is 520 g/mol. The molecule has 2 N–H and O–H groups in total. The second-order valence-corrected chi connectivity index (χ2v) is 6.79. The monoisotopic (exact) mass is 520 g/mol. The van der Waals surface area contributed by atoms with Crippen LogP contribution in [0.2, 0.25) is 0 Å². The van der Waals surface area contributed by atoms with E-state index in [0.717, 1.165) is 37.5 Å². The van der Waals surface area contributed by atoms with Gasteiger partial charge in [-0.05, 0) is 30.5 Å². The molecule has 1 fully saturated rings. The van der Waals surface area contributed by atoms with Gasteiger partial charge in [0.2, 0.25) is 0 Å². The first-order valence-electron chi connectivity index (χ1n) is 9.64. The highest BCUT2D eigenvalue weighted by molar-refractivity contribution is 14.0. The fourth-order valence-corrected chi connectivity index (χ4v) is 2.60. The number of nitrogens with zero attached hydrogens (tertiary/aromatic N) is 2. The van der Waals surface area contributed by atoms with Gasteiger partial charge in [-0.25, -0.2) is 0 Å². The largest absolute Gasteiger partial charge is 0.484 e. The second-order valence-electron chi connectivity index (χ2n) is 6.79. The Morgan fingerprint density at radius 2 is 2.17 bits per heavy atom. The van der Waals surface area contributed by atoms with E-state index in [4.69, 9.17) is 14.2 Å². The molecule has 0 aromatic heterocycles. The van der Waals surface area contributed by atoms with Gasteiger partial charge in [0.15, 0.2) is 12.6 Å². The van der Waals surface area contributed by atoms with Gasteiger partial charge >= 0.3 is 0 Å². The Bertz CT molecular complexity index is 637. The number of halogens is 1. The summed E-state index contributed by atoms with van der Waals surface area (Å²) in [4.78, 5) is 17.4. The summed E-state index contributed by atoms with van der Waals surface area (Å²) in [5.41, 5.74) is 1.04. The van der Waals surface area contributed by atoms with E-state index < -0.39 is 0 Å². The van der Waals surface area contributed by atoms with E-state index >= 15 is 0 Å². The molecule has 0 bridgehead atoms. The van der Waals surface area contributed by atoms with E-state index in [0.29, 0.717) is 25.5 Å². The molecule has 0 aliphatic carbocycles. The summed E-state index contributed by atoms with van der Waals surface area (Å²) >= 11 is 0. The third-order valence-electron chi connectivity index (χ3n) is 4.30. The number of amides is 1. The maximum atomic E-state index is 11.6. The number of aliphatic imine (C=N–C) groups is 1. The minimum Gasteiger partial charge on any atom is -0.484 e. The summed E-state index contributed by atoms with van der Waals surface area (Å²) in [5.74, 6) is 1.33. The van der Waals surface area contributed by atoms with Crippen molar-refractivity contribution in [2.45, 2.75) is 25.5 Å². The van der Waals surface area contributed by atoms with Gasteiger partial charge in [-0.1, -0.05) is 12.1 Å². The molecule has 1 aliphatic rings. The van der Waals surface area contributed by atoms with Crippen LogP contribution in [0.5, 0.6) is 5.75 Å². The average Bonchev–Trinajstić information content (AvgIpc) is 3.22. The topological polar surface area (TPSA) is 84.4 Å². The van der Waals surface area contributed by atoms with Crippen molar-refractivity contribution in [2.75, 3.05) is 54.1 Å². The lowest BCUT2D eigenvalue weighted by Crippen LogP contribution is -2.37. The van der Waals surface area contributed by atoms with Crippen molar-refractivity contribution in [3.8, 4) is 5.75 Å². The smallest absolute Gasteiger partial charge is 0.259 e. The van der Waals surface area contributed by atoms with Gasteiger partial charge in [0.1, 0.15) is 5.75 Å². The Morgan fingerprint density at radius 1 is 1.34 bits per heavy atom. The van der Waals surface area contributed by atoms with Crippen LogP contribution < -0.4 is 15.4 Å². The molecule has 1 atom stereocenters. The molecule has 1 aliphatic heterocycles. The Hall–Kier alpha value is -1.59. The number of ether oxygens (including phenoxy) is 3. The highest BCUT2D eigenvalue weighted by atomic mass is 127. The Balaban J connectivity index is 0.00000420. The number of carbonyl (C=O) groups is 1. The molecular weight excluding hydrogens is 487 g/mol. The molecule has 0 saturated carbocycles. The predicted molar refractivity (Wildman–Crippen MR) is 124 cm³/mol. The van der Waals surface area contributed by atoms with E-state index in [9.17, 15) is 4.79 Å². The number of nitrogens with one attached hydrogen (secondary N) is 2. The molecule has 0 spiro atoms. The molecule has 1 unspecified atom stereocenters. The third kappa shape index (κ3) is 10.1. The first-order chi connectivity index (χ1) is 13.6. The van der Waals surface area contributed by atoms with Crippen LogP contribution in [-0.2, 0) is 20.8 Å². The van der Waals surface area contributed by atoms with Crippen molar-refractivity contribution in [1.82, 2.24) is 15.5 Å². The molecular formula is C20H33IN4O4. The summed E-state index contributed by atoms with van der Waals surface area (Å²) in [7, 11) is 5.16. The van der Waals surface area contributed by atoms with Crippen molar-refractivity contribution in [3.63, 3.8) is 0 Å². The SMILES string of the molecule is CN=C(NCCCOC1CCOC1)NCc1cccc(OCC(=O)N(C)C)c1.I.